The SMILES string of the molecule is CC(C)N1CN(c2[c-]c(C(c3[c-]c4c(cc3)c3ccccc3n4-c3cc(-c4c(-c5ccccc5)cccc4-c4ccccc4)ccn3)(c3ccccc3)c3ccccc3)ccc2)c2ccccc21.[Pt+2]. The maximum atomic E-state index is 5.20. The van der Waals surface area contributed by atoms with Crippen molar-refractivity contribution in [3.05, 3.63) is 271 Å². The topological polar surface area (TPSA) is 24.3 Å². The quantitative estimate of drug-likeness (QED) is 0.101. The second-order valence-electron chi connectivity index (χ2n) is 17.9. The maximum absolute atomic E-state index is 5.20. The number of rotatable bonds is 10. The first-order valence-electron chi connectivity index (χ1n) is 23.5. The van der Waals surface area contributed by atoms with Crippen LogP contribution in [0.25, 0.3) is 61.0 Å². The molecule has 2 aromatic heterocycles. The Bertz CT molecular complexity index is 3490. The van der Waals surface area contributed by atoms with Crippen molar-refractivity contribution in [2.24, 2.45) is 0 Å². The van der Waals surface area contributed by atoms with Crippen LogP contribution in [0.3, 0.4) is 0 Å². The van der Waals surface area contributed by atoms with E-state index in [0.29, 0.717) is 6.04 Å². The van der Waals surface area contributed by atoms with Crippen LogP contribution in [-0.2, 0) is 26.5 Å². The van der Waals surface area contributed by atoms with E-state index in [2.05, 4.69) is 271 Å². The molecule has 0 radical (unpaired) electrons. The van der Waals surface area contributed by atoms with Gasteiger partial charge in [-0.1, -0.05) is 181 Å². The Morgan fingerprint density at radius 3 is 1.71 bits per heavy atom. The molecule has 12 rings (SSSR count). The number of hydrogen-bond donors (Lipinski definition) is 0. The van der Waals surface area contributed by atoms with Gasteiger partial charge in [-0.3, -0.25) is 0 Å². The molecular formula is C64H48N4Pt. The van der Waals surface area contributed by atoms with Crippen molar-refractivity contribution in [3.8, 4) is 39.2 Å². The molecule has 0 N–H and O–H groups in total. The summed E-state index contributed by atoms with van der Waals surface area (Å²) < 4.78 is 2.31. The Labute approximate surface area is 419 Å². The van der Waals surface area contributed by atoms with E-state index >= 15 is 0 Å². The van der Waals surface area contributed by atoms with Crippen LogP contribution >= 0.6 is 0 Å². The molecular weight excluding hydrogens is 1020 g/mol. The summed E-state index contributed by atoms with van der Waals surface area (Å²) in [5.74, 6) is 0.824. The number of fused-ring (bicyclic) bond motifs is 4. The van der Waals surface area contributed by atoms with Crippen LogP contribution in [0.15, 0.2) is 237 Å². The summed E-state index contributed by atoms with van der Waals surface area (Å²) in [5, 5.41) is 2.26. The summed E-state index contributed by atoms with van der Waals surface area (Å²) in [5.41, 5.74) is 15.9. The van der Waals surface area contributed by atoms with Crippen molar-refractivity contribution >= 4 is 38.9 Å². The first-order chi connectivity index (χ1) is 33.6. The Balaban J connectivity index is 0.00000520. The van der Waals surface area contributed by atoms with Crippen molar-refractivity contribution in [1.29, 1.82) is 0 Å². The number of para-hydroxylation sites is 3. The zero-order valence-electron chi connectivity index (χ0n) is 38.4. The van der Waals surface area contributed by atoms with Gasteiger partial charge in [0, 0.05) is 23.2 Å². The fourth-order valence-electron chi connectivity index (χ4n) is 10.7. The molecule has 3 heterocycles. The molecule has 0 unspecified atom stereocenters. The molecule has 0 aliphatic carbocycles. The van der Waals surface area contributed by atoms with Crippen LogP contribution in [-0.4, -0.2) is 22.3 Å². The molecule has 11 aromatic rings. The molecule has 69 heavy (non-hydrogen) atoms. The number of hydrogen-bond acceptors (Lipinski definition) is 3. The van der Waals surface area contributed by atoms with E-state index < -0.39 is 5.41 Å². The van der Waals surface area contributed by atoms with Crippen LogP contribution in [0.5, 0.6) is 0 Å². The number of benzene rings is 9. The molecule has 0 atom stereocenters. The molecule has 0 fully saturated rings. The van der Waals surface area contributed by atoms with Gasteiger partial charge in [-0.15, -0.1) is 22.6 Å². The zero-order chi connectivity index (χ0) is 45.6. The summed E-state index contributed by atoms with van der Waals surface area (Å²) in [6.07, 6.45) is 1.96. The number of nitrogens with zero attached hydrogens (tertiary/aromatic N) is 4. The number of anilines is 3. The Morgan fingerprint density at radius 2 is 1.06 bits per heavy atom. The molecule has 4 nitrogen and oxygen atoms in total. The third-order valence-corrected chi connectivity index (χ3v) is 13.8. The fourth-order valence-corrected chi connectivity index (χ4v) is 10.7. The normalized spacial score (nSPS) is 12.4. The minimum atomic E-state index is -0.806. The molecule has 334 valence electrons. The third-order valence-electron chi connectivity index (χ3n) is 13.8. The molecule has 0 spiro atoms. The summed E-state index contributed by atoms with van der Waals surface area (Å²) in [7, 11) is 0. The van der Waals surface area contributed by atoms with Gasteiger partial charge in [-0.05, 0) is 94.1 Å². The van der Waals surface area contributed by atoms with Gasteiger partial charge in [0.15, 0.2) is 0 Å². The predicted octanol–water partition coefficient (Wildman–Crippen LogP) is 15.5. The summed E-state index contributed by atoms with van der Waals surface area (Å²) in [4.78, 5) is 10.1. The van der Waals surface area contributed by atoms with Crippen molar-refractivity contribution in [2.75, 3.05) is 16.5 Å². The van der Waals surface area contributed by atoms with Gasteiger partial charge in [0.05, 0.1) is 18.0 Å². The van der Waals surface area contributed by atoms with E-state index in [0.717, 1.165) is 67.8 Å². The first-order valence-corrected chi connectivity index (χ1v) is 23.5. The largest absolute Gasteiger partial charge is 2.00 e. The van der Waals surface area contributed by atoms with Gasteiger partial charge in [-0.25, -0.2) is 4.98 Å². The Hall–Kier alpha value is -7.78. The maximum Gasteiger partial charge on any atom is 2.00 e. The molecule has 0 saturated carbocycles. The fraction of sp³-hybridized carbons (Fsp3) is 0.0781. The Kier molecular flexibility index (Phi) is 11.7. The summed E-state index contributed by atoms with van der Waals surface area (Å²) >= 11 is 0. The van der Waals surface area contributed by atoms with Gasteiger partial charge in [0.25, 0.3) is 0 Å². The van der Waals surface area contributed by atoms with E-state index in [9.17, 15) is 0 Å². The monoisotopic (exact) mass is 1070 g/mol. The molecule has 1 aliphatic rings. The summed E-state index contributed by atoms with van der Waals surface area (Å²) in [6.45, 7) is 5.27. The van der Waals surface area contributed by atoms with Gasteiger partial charge >= 0.3 is 21.1 Å². The molecule has 0 bridgehead atoms. The number of pyridine rings is 1. The van der Waals surface area contributed by atoms with Crippen molar-refractivity contribution < 1.29 is 21.1 Å². The zero-order valence-corrected chi connectivity index (χ0v) is 40.7. The van der Waals surface area contributed by atoms with Gasteiger partial charge < -0.3 is 14.4 Å². The van der Waals surface area contributed by atoms with E-state index in [4.69, 9.17) is 4.98 Å². The van der Waals surface area contributed by atoms with E-state index in [-0.39, 0.29) is 21.1 Å². The molecule has 9 aromatic carbocycles. The van der Waals surface area contributed by atoms with Crippen molar-refractivity contribution in [3.63, 3.8) is 0 Å². The third kappa shape index (κ3) is 7.48. The first kappa shape index (κ1) is 43.8. The van der Waals surface area contributed by atoms with E-state index in [1.165, 1.54) is 39.2 Å². The van der Waals surface area contributed by atoms with Crippen molar-refractivity contribution in [1.82, 2.24) is 9.55 Å². The second-order valence-corrected chi connectivity index (χ2v) is 17.9. The van der Waals surface area contributed by atoms with E-state index in [1.807, 2.05) is 6.20 Å². The molecule has 1 aliphatic heterocycles. The van der Waals surface area contributed by atoms with Crippen LogP contribution in [0.4, 0.5) is 17.1 Å². The van der Waals surface area contributed by atoms with Crippen molar-refractivity contribution in [2.45, 2.75) is 25.3 Å². The van der Waals surface area contributed by atoms with Crippen LogP contribution in [0.2, 0.25) is 0 Å². The van der Waals surface area contributed by atoms with Crippen LogP contribution < -0.4 is 9.80 Å². The summed E-state index contributed by atoms with van der Waals surface area (Å²) in [6, 6.07) is 91.5. The van der Waals surface area contributed by atoms with Crippen LogP contribution in [0, 0.1) is 12.1 Å². The Morgan fingerprint density at radius 1 is 0.493 bits per heavy atom. The average Bonchev–Trinajstić information content (AvgIpc) is 3.97. The minimum absolute atomic E-state index is 0. The van der Waals surface area contributed by atoms with Crippen LogP contribution in [0.1, 0.15) is 36.1 Å². The predicted molar refractivity (Wildman–Crippen MR) is 282 cm³/mol. The average molecular weight is 1070 g/mol. The second kappa shape index (κ2) is 18.4. The molecule has 0 amide bonds. The standard InChI is InChI=1S/C64H48N4.Pt/c1-45(2)66-44-67(60-36-18-17-35-59(60)66)53-30-19-29-51(42-53)64(49-25-11-5-12-26-49,50-27-13-6-14-28-50)52-37-38-57-56-31-15-16-34-58(56)68(61(57)43-52)62-41-48(39-40-65-62)63-54(46-21-7-3-8-22-46)32-20-33-55(63)47-23-9-4-10-24-47;/h3-41,45H,44H2,1-2H3;/q-2;+2. The van der Waals surface area contributed by atoms with Gasteiger partial charge in [0.1, 0.15) is 5.82 Å². The van der Waals surface area contributed by atoms with E-state index in [1.54, 1.807) is 0 Å². The smallest absolute Gasteiger partial charge is 0.349 e. The van der Waals surface area contributed by atoms with Gasteiger partial charge in [0.2, 0.25) is 0 Å². The molecule has 5 heteroatoms. The molecule has 0 saturated heterocycles. The minimum Gasteiger partial charge on any atom is -0.349 e. The number of aromatic nitrogens is 2. The van der Waals surface area contributed by atoms with Gasteiger partial charge in [-0.2, -0.15) is 36.4 Å².